The number of nitrogens with zero attached hydrogens (tertiary/aromatic N) is 4. The number of aromatic amines is 1. The fourth-order valence-corrected chi connectivity index (χ4v) is 3.47. The number of halogens is 1. The molecule has 1 aliphatic rings. The van der Waals surface area contributed by atoms with Crippen molar-refractivity contribution in [3.8, 4) is 0 Å². The smallest absolute Gasteiger partial charge is 0.337 e. The molecule has 0 unspecified atom stereocenters. The van der Waals surface area contributed by atoms with Crippen LogP contribution in [0.25, 0.3) is 11.6 Å². The summed E-state index contributed by atoms with van der Waals surface area (Å²) < 4.78 is 0. The lowest BCUT2D eigenvalue weighted by Gasteiger charge is -2.16. The molecule has 0 bridgehead atoms. The van der Waals surface area contributed by atoms with Gasteiger partial charge in [0.15, 0.2) is 5.82 Å². The van der Waals surface area contributed by atoms with Crippen molar-refractivity contribution in [3.63, 3.8) is 0 Å². The number of hydrogen-bond acceptors (Lipinski definition) is 6. The van der Waals surface area contributed by atoms with E-state index < -0.39 is 5.97 Å². The standard InChI is InChI=1S/C19H15ClN6O3/c1-9-12(18(28)29)7-23-13(9)6-11-14-15(20)24-19(21)25-16(14)26(17(11)27)8-10-2-4-22-5-3-10/h2-7,23H,8H2,1H3,(H,28,29)(H2,21,24,25). The zero-order valence-electron chi connectivity index (χ0n) is 15.2. The third-order valence-electron chi connectivity index (χ3n) is 4.65. The van der Waals surface area contributed by atoms with E-state index in [1.807, 2.05) is 0 Å². The first-order valence-electron chi connectivity index (χ1n) is 8.54. The minimum absolute atomic E-state index is 0.0481. The van der Waals surface area contributed by atoms with Crippen LogP contribution in [0.3, 0.4) is 0 Å². The van der Waals surface area contributed by atoms with Crippen molar-refractivity contribution in [2.24, 2.45) is 0 Å². The normalized spacial score (nSPS) is 14.5. The molecule has 146 valence electrons. The van der Waals surface area contributed by atoms with Crippen LogP contribution in [0.2, 0.25) is 5.15 Å². The molecule has 0 saturated heterocycles. The van der Waals surface area contributed by atoms with Gasteiger partial charge >= 0.3 is 5.97 Å². The molecule has 1 amide bonds. The van der Waals surface area contributed by atoms with Gasteiger partial charge in [-0.25, -0.2) is 9.78 Å². The van der Waals surface area contributed by atoms with Gasteiger partial charge in [0.05, 0.1) is 23.2 Å². The highest BCUT2D eigenvalue weighted by Gasteiger charge is 2.37. The van der Waals surface area contributed by atoms with Crippen LogP contribution in [0.15, 0.2) is 30.7 Å². The number of aromatic nitrogens is 4. The SMILES string of the molecule is Cc1c(C(=O)O)c[nH]c1C=C1C(=O)N(Cc2ccncc2)c2nc(N)nc(Cl)c21. The van der Waals surface area contributed by atoms with Gasteiger partial charge in [-0.1, -0.05) is 11.6 Å². The molecule has 4 N–H and O–H groups in total. The van der Waals surface area contributed by atoms with Crippen molar-refractivity contribution in [1.29, 1.82) is 0 Å². The summed E-state index contributed by atoms with van der Waals surface area (Å²) in [4.78, 5) is 41.0. The van der Waals surface area contributed by atoms with Crippen LogP contribution >= 0.6 is 11.6 Å². The molecule has 3 aromatic heterocycles. The Morgan fingerprint density at radius 2 is 2.07 bits per heavy atom. The van der Waals surface area contributed by atoms with Gasteiger partial charge in [-0.15, -0.1) is 0 Å². The van der Waals surface area contributed by atoms with Crippen LogP contribution in [-0.2, 0) is 11.3 Å². The lowest BCUT2D eigenvalue weighted by atomic mass is 10.1. The maximum absolute atomic E-state index is 13.2. The molecular weight excluding hydrogens is 396 g/mol. The van der Waals surface area contributed by atoms with Gasteiger partial charge in [-0.05, 0) is 36.3 Å². The van der Waals surface area contributed by atoms with E-state index in [9.17, 15) is 14.7 Å². The number of amides is 1. The summed E-state index contributed by atoms with van der Waals surface area (Å²) >= 11 is 6.30. The van der Waals surface area contributed by atoms with Crippen molar-refractivity contribution >= 4 is 46.9 Å². The maximum Gasteiger partial charge on any atom is 0.337 e. The van der Waals surface area contributed by atoms with Crippen LogP contribution < -0.4 is 10.6 Å². The minimum atomic E-state index is -1.06. The van der Waals surface area contributed by atoms with Gasteiger partial charge in [0.25, 0.3) is 5.91 Å². The number of hydrogen-bond donors (Lipinski definition) is 3. The van der Waals surface area contributed by atoms with Crippen molar-refractivity contribution in [2.45, 2.75) is 13.5 Å². The molecule has 0 radical (unpaired) electrons. The van der Waals surface area contributed by atoms with E-state index >= 15 is 0 Å². The van der Waals surface area contributed by atoms with Crippen LogP contribution in [-0.4, -0.2) is 36.9 Å². The molecule has 3 aromatic rings. The second-order valence-corrected chi connectivity index (χ2v) is 6.78. The van der Waals surface area contributed by atoms with Gasteiger partial charge in [0.1, 0.15) is 5.15 Å². The van der Waals surface area contributed by atoms with Gasteiger partial charge in [-0.2, -0.15) is 4.98 Å². The topological polar surface area (TPSA) is 138 Å². The molecule has 0 atom stereocenters. The number of carbonyl (C=O) groups excluding carboxylic acids is 1. The first kappa shape index (κ1) is 18.6. The number of H-pyrrole nitrogens is 1. The average Bonchev–Trinajstić information content (AvgIpc) is 3.16. The molecule has 0 saturated carbocycles. The number of anilines is 2. The molecular formula is C19H15ClN6O3. The van der Waals surface area contributed by atoms with Gasteiger partial charge < -0.3 is 15.8 Å². The third-order valence-corrected chi connectivity index (χ3v) is 4.93. The number of pyridine rings is 1. The van der Waals surface area contributed by atoms with Gasteiger partial charge in [0, 0.05) is 24.3 Å². The fraction of sp³-hybridized carbons (Fsp3) is 0.105. The molecule has 0 aromatic carbocycles. The molecule has 4 rings (SSSR count). The number of carboxylic acids is 1. The van der Waals surface area contributed by atoms with Gasteiger partial charge in [-0.3, -0.25) is 14.7 Å². The van der Waals surface area contributed by atoms with E-state index in [0.29, 0.717) is 22.6 Å². The van der Waals surface area contributed by atoms with E-state index in [-0.39, 0.29) is 34.7 Å². The second-order valence-electron chi connectivity index (χ2n) is 6.42. The van der Waals surface area contributed by atoms with E-state index in [2.05, 4.69) is 19.9 Å². The number of nitrogens with one attached hydrogen (secondary N) is 1. The number of fused-ring (bicyclic) bond motifs is 1. The molecule has 29 heavy (non-hydrogen) atoms. The Hall–Kier alpha value is -3.72. The van der Waals surface area contributed by atoms with Crippen LogP contribution in [0.4, 0.5) is 11.8 Å². The first-order valence-corrected chi connectivity index (χ1v) is 8.91. The molecule has 4 heterocycles. The average molecular weight is 411 g/mol. The Balaban J connectivity index is 1.84. The molecule has 1 aliphatic heterocycles. The monoisotopic (exact) mass is 410 g/mol. The van der Waals surface area contributed by atoms with E-state index in [1.54, 1.807) is 37.5 Å². The second kappa shape index (κ2) is 7.02. The summed E-state index contributed by atoms with van der Waals surface area (Å²) in [5.41, 5.74) is 8.30. The fourth-order valence-electron chi connectivity index (χ4n) is 3.19. The summed E-state index contributed by atoms with van der Waals surface area (Å²) in [7, 11) is 0. The van der Waals surface area contributed by atoms with Crippen molar-refractivity contribution < 1.29 is 14.7 Å². The molecule has 0 spiro atoms. The molecule has 0 aliphatic carbocycles. The van der Waals surface area contributed by atoms with Crippen LogP contribution in [0.5, 0.6) is 0 Å². The predicted octanol–water partition coefficient (Wildman–Crippen LogP) is 2.53. The Morgan fingerprint density at radius 1 is 1.34 bits per heavy atom. The zero-order valence-corrected chi connectivity index (χ0v) is 15.9. The minimum Gasteiger partial charge on any atom is -0.478 e. The predicted molar refractivity (Wildman–Crippen MR) is 107 cm³/mol. The first-order chi connectivity index (χ1) is 13.9. The summed E-state index contributed by atoms with van der Waals surface area (Å²) in [6.45, 7) is 1.89. The molecule has 10 heteroatoms. The largest absolute Gasteiger partial charge is 0.478 e. The third kappa shape index (κ3) is 3.21. The highest BCUT2D eigenvalue weighted by Crippen LogP contribution is 2.41. The Morgan fingerprint density at radius 3 is 2.72 bits per heavy atom. The van der Waals surface area contributed by atoms with E-state index in [1.165, 1.54) is 11.1 Å². The number of nitrogen functional groups attached to an aromatic ring is 1. The molecule has 9 nitrogen and oxygen atoms in total. The number of rotatable bonds is 4. The van der Waals surface area contributed by atoms with Crippen LogP contribution in [0, 0.1) is 6.92 Å². The lowest BCUT2D eigenvalue weighted by Crippen LogP contribution is -2.26. The number of carboxylic acid groups (broad SMARTS) is 1. The van der Waals surface area contributed by atoms with E-state index in [4.69, 9.17) is 17.3 Å². The number of nitrogens with two attached hydrogens (primary N) is 1. The summed E-state index contributed by atoms with van der Waals surface area (Å²) in [5, 5.41) is 9.30. The summed E-state index contributed by atoms with van der Waals surface area (Å²) in [5.74, 6) is -1.15. The highest BCUT2D eigenvalue weighted by molar-refractivity contribution is 6.41. The van der Waals surface area contributed by atoms with Crippen molar-refractivity contribution in [3.05, 3.63) is 63.8 Å². The molecule has 0 fully saturated rings. The maximum atomic E-state index is 13.2. The van der Waals surface area contributed by atoms with Gasteiger partial charge in [0.2, 0.25) is 5.95 Å². The summed E-state index contributed by atoms with van der Waals surface area (Å²) in [6.07, 6.45) is 6.19. The number of aromatic carboxylic acids is 1. The Bertz CT molecular complexity index is 1170. The highest BCUT2D eigenvalue weighted by atomic mass is 35.5. The Kier molecular flexibility index (Phi) is 4.51. The Labute approximate surface area is 169 Å². The van der Waals surface area contributed by atoms with E-state index in [0.717, 1.165) is 5.56 Å². The lowest BCUT2D eigenvalue weighted by molar-refractivity contribution is -0.113. The zero-order chi connectivity index (χ0) is 20.7. The quantitative estimate of drug-likeness (QED) is 0.443. The van der Waals surface area contributed by atoms with Crippen molar-refractivity contribution in [2.75, 3.05) is 10.6 Å². The summed E-state index contributed by atoms with van der Waals surface area (Å²) in [6, 6.07) is 3.57. The number of carbonyl (C=O) groups is 2. The van der Waals surface area contributed by atoms with Crippen molar-refractivity contribution in [1.82, 2.24) is 19.9 Å². The van der Waals surface area contributed by atoms with Crippen LogP contribution in [0.1, 0.15) is 32.7 Å².